The van der Waals surface area contributed by atoms with E-state index < -0.39 is 0 Å². The molecule has 22 heavy (non-hydrogen) atoms. The second-order valence-corrected chi connectivity index (χ2v) is 5.13. The quantitative estimate of drug-likeness (QED) is 0.833. The van der Waals surface area contributed by atoms with Gasteiger partial charge in [-0.25, -0.2) is 0 Å². The Labute approximate surface area is 130 Å². The predicted molar refractivity (Wildman–Crippen MR) is 89.2 cm³/mol. The number of nitrogens with zero attached hydrogens (tertiary/aromatic N) is 2. The standard InChI is InChI=1S/C17H21N3O2/c1-4-22-16-12-14-13(7-5-9-18-14)11-15(16)19-17(21)8-6-10-20(2)3/h5-9,11-12H,4,10H2,1-3H3,(H,19,21). The van der Waals surface area contributed by atoms with Gasteiger partial charge in [0, 0.05) is 30.3 Å². The number of amides is 1. The average molecular weight is 299 g/mol. The fraction of sp³-hybridized carbons (Fsp3) is 0.294. The van der Waals surface area contributed by atoms with E-state index in [9.17, 15) is 4.79 Å². The summed E-state index contributed by atoms with van der Waals surface area (Å²) in [5, 5.41) is 3.82. The molecular weight excluding hydrogens is 278 g/mol. The van der Waals surface area contributed by atoms with E-state index in [1.165, 1.54) is 6.08 Å². The molecule has 116 valence electrons. The molecule has 0 fully saturated rings. The van der Waals surface area contributed by atoms with E-state index >= 15 is 0 Å². The molecular formula is C17H21N3O2. The van der Waals surface area contributed by atoms with Crippen LogP contribution in [0, 0.1) is 0 Å². The summed E-state index contributed by atoms with van der Waals surface area (Å²) in [6.45, 7) is 3.15. The monoisotopic (exact) mass is 299 g/mol. The number of benzene rings is 1. The van der Waals surface area contributed by atoms with Crippen LogP contribution in [-0.4, -0.2) is 43.0 Å². The van der Waals surface area contributed by atoms with Gasteiger partial charge in [-0.2, -0.15) is 0 Å². The van der Waals surface area contributed by atoms with E-state index in [1.54, 1.807) is 6.20 Å². The van der Waals surface area contributed by atoms with Crippen LogP contribution >= 0.6 is 0 Å². The number of anilines is 1. The molecule has 5 heteroatoms. The van der Waals surface area contributed by atoms with Crippen molar-refractivity contribution in [1.82, 2.24) is 9.88 Å². The topological polar surface area (TPSA) is 54.5 Å². The summed E-state index contributed by atoms with van der Waals surface area (Å²) in [6.07, 6.45) is 5.09. The van der Waals surface area contributed by atoms with E-state index in [-0.39, 0.29) is 5.91 Å². The van der Waals surface area contributed by atoms with Crippen molar-refractivity contribution in [2.75, 3.05) is 32.6 Å². The normalized spacial score (nSPS) is 11.3. The molecule has 0 aliphatic carbocycles. The SMILES string of the molecule is CCOc1cc2ncccc2cc1NC(=O)C=CCN(C)C. The van der Waals surface area contributed by atoms with Crippen molar-refractivity contribution in [2.24, 2.45) is 0 Å². The van der Waals surface area contributed by atoms with E-state index in [0.717, 1.165) is 10.9 Å². The Morgan fingerprint density at radius 2 is 2.23 bits per heavy atom. The van der Waals surface area contributed by atoms with Crippen molar-refractivity contribution in [3.8, 4) is 5.75 Å². The zero-order chi connectivity index (χ0) is 15.9. The van der Waals surface area contributed by atoms with Gasteiger partial charge in [-0.3, -0.25) is 9.78 Å². The molecule has 2 aromatic rings. The maximum Gasteiger partial charge on any atom is 0.248 e. The summed E-state index contributed by atoms with van der Waals surface area (Å²) in [6, 6.07) is 7.55. The van der Waals surface area contributed by atoms with Crippen molar-refractivity contribution in [1.29, 1.82) is 0 Å². The fourth-order valence-corrected chi connectivity index (χ4v) is 2.02. The van der Waals surface area contributed by atoms with Gasteiger partial charge in [-0.1, -0.05) is 12.1 Å². The van der Waals surface area contributed by atoms with Gasteiger partial charge in [-0.15, -0.1) is 0 Å². The van der Waals surface area contributed by atoms with Crippen LogP contribution < -0.4 is 10.1 Å². The third kappa shape index (κ3) is 4.30. The Kier molecular flexibility index (Phi) is 5.49. The minimum atomic E-state index is -0.175. The molecule has 5 nitrogen and oxygen atoms in total. The lowest BCUT2D eigenvalue weighted by Gasteiger charge is -2.12. The molecule has 1 amide bonds. The lowest BCUT2D eigenvalue weighted by atomic mass is 10.2. The van der Waals surface area contributed by atoms with Gasteiger partial charge < -0.3 is 15.0 Å². The second-order valence-electron chi connectivity index (χ2n) is 5.13. The zero-order valence-electron chi connectivity index (χ0n) is 13.2. The maximum absolute atomic E-state index is 12.0. The first-order valence-corrected chi connectivity index (χ1v) is 7.24. The maximum atomic E-state index is 12.0. The average Bonchev–Trinajstić information content (AvgIpc) is 2.47. The number of rotatable bonds is 6. The summed E-state index contributed by atoms with van der Waals surface area (Å²) in [7, 11) is 3.90. The fourth-order valence-electron chi connectivity index (χ4n) is 2.02. The van der Waals surface area contributed by atoms with Gasteiger partial charge in [0.15, 0.2) is 0 Å². The van der Waals surface area contributed by atoms with Crippen LogP contribution in [0.1, 0.15) is 6.92 Å². The number of carbonyl (C=O) groups excluding carboxylic acids is 1. The van der Waals surface area contributed by atoms with Crippen molar-refractivity contribution in [3.63, 3.8) is 0 Å². The summed E-state index contributed by atoms with van der Waals surface area (Å²) >= 11 is 0. The Morgan fingerprint density at radius 1 is 1.41 bits per heavy atom. The number of aromatic nitrogens is 1. The van der Waals surface area contributed by atoms with Crippen LogP contribution in [0.2, 0.25) is 0 Å². The van der Waals surface area contributed by atoms with Crippen LogP contribution in [0.15, 0.2) is 42.6 Å². The third-order valence-corrected chi connectivity index (χ3v) is 3.00. The lowest BCUT2D eigenvalue weighted by Crippen LogP contribution is -2.13. The molecule has 0 saturated carbocycles. The lowest BCUT2D eigenvalue weighted by molar-refractivity contribution is -0.111. The van der Waals surface area contributed by atoms with Crippen LogP contribution in [-0.2, 0) is 4.79 Å². The van der Waals surface area contributed by atoms with Crippen LogP contribution in [0.4, 0.5) is 5.69 Å². The highest BCUT2D eigenvalue weighted by Crippen LogP contribution is 2.29. The van der Waals surface area contributed by atoms with Gasteiger partial charge in [0.1, 0.15) is 5.75 Å². The molecule has 0 unspecified atom stereocenters. The molecule has 2 rings (SSSR count). The van der Waals surface area contributed by atoms with Gasteiger partial charge in [0.2, 0.25) is 5.91 Å². The first-order chi connectivity index (χ1) is 10.6. The number of hydrogen-bond donors (Lipinski definition) is 1. The Hall–Kier alpha value is -2.40. The highest BCUT2D eigenvalue weighted by Gasteiger charge is 2.08. The number of likely N-dealkylation sites (N-methyl/N-ethyl adjacent to an activating group) is 1. The van der Waals surface area contributed by atoms with Gasteiger partial charge in [0.05, 0.1) is 17.8 Å². The first kappa shape index (κ1) is 16.0. The van der Waals surface area contributed by atoms with Gasteiger partial charge in [-0.05, 0) is 33.2 Å². The minimum Gasteiger partial charge on any atom is -0.492 e. The van der Waals surface area contributed by atoms with Crippen molar-refractivity contribution < 1.29 is 9.53 Å². The zero-order valence-corrected chi connectivity index (χ0v) is 13.2. The molecule has 0 aliphatic rings. The molecule has 0 spiro atoms. The van der Waals surface area contributed by atoms with Crippen molar-refractivity contribution >= 4 is 22.5 Å². The number of pyridine rings is 1. The minimum absolute atomic E-state index is 0.175. The Bertz CT molecular complexity index is 681. The van der Waals surface area contributed by atoms with Crippen LogP contribution in [0.25, 0.3) is 10.9 Å². The number of carbonyl (C=O) groups is 1. The molecule has 0 bridgehead atoms. The molecule has 0 atom stereocenters. The highest BCUT2D eigenvalue weighted by molar-refractivity contribution is 6.02. The van der Waals surface area contributed by atoms with Crippen molar-refractivity contribution in [2.45, 2.75) is 6.92 Å². The largest absolute Gasteiger partial charge is 0.492 e. The van der Waals surface area contributed by atoms with Gasteiger partial charge >= 0.3 is 0 Å². The summed E-state index contributed by atoms with van der Waals surface area (Å²) in [4.78, 5) is 18.3. The molecule has 1 aromatic heterocycles. The molecule has 1 N–H and O–H groups in total. The summed E-state index contributed by atoms with van der Waals surface area (Å²) in [5.41, 5.74) is 1.49. The predicted octanol–water partition coefficient (Wildman–Crippen LogP) is 2.69. The highest BCUT2D eigenvalue weighted by atomic mass is 16.5. The molecule has 0 aliphatic heterocycles. The van der Waals surface area contributed by atoms with E-state index in [2.05, 4.69) is 10.3 Å². The molecule has 0 radical (unpaired) electrons. The van der Waals surface area contributed by atoms with Crippen molar-refractivity contribution in [3.05, 3.63) is 42.6 Å². The van der Waals surface area contributed by atoms with E-state index in [1.807, 2.05) is 56.3 Å². The number of hydrogen-bond acceptors (Lipinski definition) is 4. The van der Waals surface area contributed by atoms with Crippen LogP contribution in [0.3, 0.4) is 0 Å². The molecule has 1 aromatic carbocycles. The second kappa shape index (κ2) is 7.56. The molecule has 1 heterocycles. The number of nitrogens with one attached hydrogen (secondary N) is 1. The Balaban J connectivity index is 2.22. The van der Waals surface area contributed by atoms with E-state index in [0.29, 0.717) is 24.6 Å². The number of fused-ring (bicyclic) bond motifs is 1. The third-order valence-electron chi connectivity index (χ3n) is 3.00. The molecule has 0 saturated heterocycles. The van der Waals surface area contributed by atoms with Crippen LogP contribution in [0.5, 0.6) is 5.75 Å². The Morgan fingerprint density at radius 3 is 2.95 bits per heavy atom. The number of ether oxygens (including phenoxy) is 1. The summed E-state index contributed by atoms with van der Waals surface area (Å²) < 4.78 is 5.60. The first-order valence-electron chi connectivity index (χ1n) is 7.24. The summed E-state index contributed by atoms with van der Waals surface area (Å²) in [5.74, 6) is 0.453. The van der Waals surface area contributed by atoms with Gasteiger partial charge in [0.25, 0.3) is 0 Å². The smallest absolute Gasteiger partial charge is 0.248 e. The van der Waals surface area contributed by atoms with E-state index in [4.69, 9.17) is 4.74 Å².